The maximum absolute atomic E-state index is 2.51. The number of hydrogen-bond donors (Lipinski definition) is 0. The van der Waals surface area contributed by atoms with Crippen molar-refractivity contribution in [2.75, 3.05) is 0 Å². The minimum absolute atomic E-state index is 0.505. The van der Waals surface area contributed by atoms with Crippen LogP contribution in [-0.2, 0) is 0 Å². The molecular weight excluding hydrogens is 192 g/mol. The minimum Gasteiger partial charge on any atom is -0.0827 e. The zero-order valence-electron chi connectivity index (χ0n) is 12.2. The van der Waals surface area contributed by atoms with E-state index in [1.807, 2.05) is 0 Å². The third-order valence-corrected chi connectivity index (χ3v) is 4.23. The van der Waals surface area contributed by atoms with Crippen LogP contribution >= 0.6 is 0 Å². The lowest BCUT2D eigenvalue weighted by Gasteiger charge is -2.46. The number of hydrogen-bond acceptors (Lipinski definition) is 0. The van der Waals surface area contributed by atoms with Crippen molar-refractivity contribution >= 4 is 0 Å². The molecule has 0 heterocycles. The van der Waals surface area contributed by atoms with Gasteiger partial charge in [0.25, 0.3) is 0 Å². The van der Waals surface area contributed by atoms with E-state index in [4.69, 9.17) is 0 Å². The molecule has 16 heavy (non-hydrogen) atoms. The fourth-order valence-corrected chi connectivity index (χ4v) is 3.64. The second-order valence-corrected chi connectivity index (χ2v) is 6.97. The van der Waals surface area contributed by atoms with Gasteiger partial charge in [-0.2, -0.15) is 0 Å². The summed E-state index contributed by atoms with van der Waals surface area (Å²) in [6.07, 6.45) is 9.25. The molecule has 0 saturated heterocycles. The summed E-state index contributed by atoms with van der Waals surface area (Å²) >= 11 is 0. The third kappa shape index (κ3) is 3.37. The Morgan fingerprint density at radius 2 is 1.69 bits per heavy atom. The van der Waals surface area contributed by atoms with Gasteiger partial charge in [-0.25, -0.2) is 0 Å². The van der Waals surface area contributed by atoms with Crippen molar-refractivity contribution in [2.24, 2.45) is 16.7 Å². The molecule has 1 rings (SSSR count). The van der Waals surface area contributed by atoms with Gasteiger partial charge in [0, 0.05) is 0 Å². The van der Waals surface area contributed by atoms with Crippen LogP contribution < -0.4 is 0 Å². The van der Waals surface area contributed by atoms with Gasteiger partial charge in [0.2, 0.25) is 0 Å². The topological polar surface area (TPSA) is 0 Å². The van der Waals surface area contributed by atoms with Gasteiger partial charge in [-0.05, 0) is 36.0 Å². The van der Waals surface area contributed by atoms with Crippen LogP contribution in [0.1, 0.15) is 73.6 Å². The molecule has 0 unspecified atom stereocenters. The standard InChI is InChI=1S/C16H30/c1-7-16(8-2)11-14(9-13(3)4)10-15(5,6)12-16/h9,13H,7-8,10-12H2,1-6H3. The van der Waals surface area contributed by atoms with E-state index < -0.39 is 0 Å². The van der Waals surface area contributed by atoms with Crippen LogP contribution in [0, 0.1) is 16.7 Å². The van der Waals surface area contributed by atoms with Crippen molar-refractivity contribution in [1.29, 1.82) is 0 Å². The van der Waals surface area contributed by atoms with Crippen molar-refractivity contribution in [3.05, 3.63) is 11.6 Å². The van der Waals surface area contributed by atoms with Gasteiger partial charge in [-0.1, -0.05) is 66.0 Å². The molecule has 1 saturated carbocycles. The summed E-state index contributed by atoms with van der Waals surface area (Å²) in [4.78, 5) is 0. The van der Waals surface area contributed by atoms with Crippen molar-refractivity contribution in [2.45, 2.75) is 73.6 Å². The van der Waals surface area contributed by atoms with Gasteiger partial charge in [0.15, 0.2) is 0 Å². The molecular formula is C16H30. The van der Waals surface area contributed by atoms with Gasteiger partial charge in [0.05, 0.1) is 0 Å². The highest BCUT2D eigenvalue weighted by Crippen LogP contribution is 2.52. The summed E-state index contributed by atoms with van der Waals surface area (Å²) in [6, 6.07) is 0. The lowest BCUT2D eigenvalue weighted by atomic mass is 9.59. The van der Waals surface area contributed by atoms with Crippen LogP contribution in [0.2, 0.25) is 0 Å². The Morgan fingerprint density at radius 3 is 2.12 bits per heavy atom. The van der Waals surface area contributed by atoms with Crippen LogP contribution in [0.5, 0.6) is 0 Å². The Bertz CT molecular complexity index is 251. The monoisotopic (exact) mass is 222 g/mol. The molecule has 1 aliphatic carbocycles. The first-order valence-corrected chi connectivity index (χ1v) is 7.02. The molecule has 0 aromatic carbocycles. The quantitative estimate of drug-likeness (QED) is 0.546. The summed E-state index contributed by atoms with van der Waals surface area (Å²) in [5.74, 6) is 0.704. The van der Waals surface area contributed by atoms with E-state index in [0.29, 0.717) is 16.7 Å². The van der Waals surface area contributed by atoms with E-state index in [-0.39, 0.29) is 0 Å². The second-order valence-electron chi connectivity index (χ2n) is 6.97. The highest BCUT2D eigenvalue weighted by Gasteiger charge is 2.39. The summed E-state index contributed by atoms with van der Waals surface area (Å²) < 4.78 is 0. The Kier molecular flexibility index (Phi) is 4.26. The second kappa shape index (κ2) is 4.94. The predicted octanol–water partition coefficient (Wildman–Crippen LogP) is 5.59. The average molecular weight is 222 g/mol. The average Bonchev–Trinajstić information content (AvgIpc) is 2.14. The Balaban J connectivity index is 2.93. The lowest BCUT2D eigenvalue weighted by molar-refractivity contribution is 0.108. The maximum atomic E-state index is 2.51. The first-order chi connectivity index (χ1) is 7.32. The van der Waals surface area contributed by atoms with E-state index in [9.17, 15) is 0 Å². The van der Waals surface area contributed by atoms with Crippen molar-refractivity contribution < 1.29 is 0 Å². The van der Waals surface area contributed by atoms with E-state index in [1.165, 1.54) is 32.1 Å². The fourth-order valence-electron chi connectivity index (χ4n) is 3.64. The summed E-state index contributed by atoms with van der Waals surface area (Å²) in [5, 5.41) is 0. The van der Waals surface area contributed by atoms with E-state index in [0.717, 1.165) is 0 Å². The smallest absolute Gasteiger partial charge is 0.0260 e. The van der Waals surface area contributed by atoms with E-state index >= 15 is 0 Å². The maximum Gasteiger partial charge on any atom is -0.0260 e. The zero-order valence-corrected chi connectivity index (χ0v) is 12.2. The van der Waals surface area contributed by atoms with Crippen LogP contribution in [-0.4, -0.2) is 0 Å². The lowest BCUT2D eigenvalue weighted by Crippen LogP contribution is -2.33. The van der Waals surface area contributed by atoms with Crippen LogP contribution in [0.3, 0.4) is 0 Å². The number of allylic oxidation sites excluding steroid dienone is 2. The largest absolute Gasteiger partial charge is 0.0827 e. The molecule has 94 valence electrons. The normalized spacial score (nSPS) is 26.3. The molecule has 0 aliphatic heterocycles. The van der Waals surface area contributed by atoms with Gasteiger partial charge in [0.1, 0.15) is 0 Å². The Labute approximate surface area is 103 Å². The van der Waals surface area contributed by atoms with Gasteiger partial charge < -0.3 is 0 Å². The highest BCUT2D eigenvalue weighted by atomic mass is 14.4. The fraction of sp³-hybridized carbons (Fsp3) is 0.875. The third-order valence-electron chi connectivity index (χ3n) is 4.23. The van der Waals surface area contributed by atoms with Crippen LogP contribution in [0.25, 0.3) is 0 Å². The molecule has 0 aromatic heterocycles. The number of rotatable bonds is 3. The molecule has 0 atom stereocenters. The highest BCUT2D eigenvalue weighted by molar-refractivity contribution is 5.14. The van der Waals surface area contributed by atoms with Gasteiger partial charge in [-0.15, -0.1) is 0 Å². The summed E-state index contributed by atoms with van der Waals surface area (Å²) in [7, 11) is 0. The molecule has 1 aliphatic rings. The van der Waals surface area contributed by atoms with Gasteiger partial charge in [-0.3, -0.25) is 0 Å². The summed E-state index contributed by atoms with van der Waals surface area (Å²) in [6.45, 7) is 14.2. The first-order valence-electron chi connectivity index (χ1n) is 7.02. The molecule has 0 radical (unpaired) electrons. The molecule has 0 N–H and O–H groups in total. The molecule has 0 amide bonds. The molecule has 1 fully saturated rings. The summed E-state index contributed by atoms with van der Waals surface area (Å²) in [5.41, 5.74) is 2.81. The van der Waals surface area contributed by atoms with Crippen molar-refractivity contribution in [3.63, 3.8) is 0 Å². The van der Waals surface area contributed by atoms with Crippen LogP contribution in [0.15, 0.2) is 11.6 Å². The molecule has 0 bridgehead atoms. The Morgan fingerprint density at radius 1 is 1.12 bits per heavy atom. The van der Waals surface area contributed by atoms with Crippen molar-refractivity contribution in [1.82, 2.24) is 0 Å². The van der Waals surface area contributed by atoms with E-state index in [1.54, 1.807) is 5.57 Å². The molecule has 0 spiro atoms. The molecule has 0 heteroatoms. The SMILES string of the molecule is CCC1(CC)CC(=CC(C)C)CC(C)(C)C1. The predicted molar refractivity (Wildman–Crippen MR) is 73.6 cm³/mol. The van der Waals surface area contributed by atoms with Crippen molar-refractivity contribution in [3.8, 4) is 0 Å². The first kappa shape index (κ1) is 13.8. The minimum atomic E-state index is 0.505. The van der Waals surface area contributed by atoms with Gasteiger partial charge >= 0.3 is 0 Å². The molecule has 0 nitrogen and oxygen atoms in total. The molecule has 0 aromatic rings. The van der Waals surface area contributed by atoms with E-state index in [2.05, 4.69) is 47.6 Å². The zero-order chi connectivity index (χ0) is 12.4. The Hall–Kier alpha value is -0.260. The van der Waals surface area contributed by atoms with Crippen LogP contribution in [0.4, 0.5) is 0 Å².